The second-order valence-corrected chi connectivity index (χ2v) is 6.24. The molecule has 7 heteroatoms. The monoisotopic (exact) mass is 324 g/mol. The van der Waals surface area contributed by atoms with Crippen molar-refractivity contribution in [2.45, 2.75) is 26.3 Å². The number of carbonyl (C=O) groups excluding carboxylic acids is 1. The quantitative estimate of drug-likeness (QED) is 0.886. The Labute approximate surface area is 132 Å². The van der Waals surface area contributed by atoms with Gasteiger partial charge in [-0.25, -0.2) is 9.97 Å². The molecule has 0 atom stereocenters. The zero-order valence-corrected chi connectivity index (χ0v) is 13.5. The molecule has 112 valence electrons. The van der Waals surface area contributed by atoms with Crippen LogP contribution < -0.4 is 10.6 Å². The number of hydrogen-bond acceptors (Lipinski definition) is 5. The fourth-order valence-electron chi connectivity index (χ4n) is 1.98. The number of pyridine rings is 1. The lowest BCUT2D eigenvalue weighted by Crippen LogP contribution is -2.33. The highest BCUT2D eigenvalue weighted by molar-refractivity contribution is 7.09. The van der Waals surface area contributed by atoms with Crippen LogP contribution in [0.25, 0.3) is 0 Å². The van der Waals surface area contributed by atoms with Crippen molar-refractivity contribution in [2.24, 2.45) is 5.73 Å². The third-order valence-corrected chi connectivity index (χ3v) is 4.17. The summed E-state index contributed by atoms with van der Waals surface area (Å²) in [5.74, 6) is 0.128. The normalized spacial score (nSPS) is 10.9. The second-order valence-electron chi connectivity index (χ2n) is 4.86. The van der Waals surface area contributed by atoms with Crippen molar-refractivity contribution < 1.29 is 4.79 Å². The summed E-state index contributed by atoms with van der Waals surface area (Å²) in [5, 5.41) is 3.46. The first kappa shape index (κ1) is 15.7. The number of amides is 1. The van der Waals surface area contributed by atoms with E-state index in [2.05, 4.69) is 28.7 Å². The van der Waals surface area contributed by atoms with Gasteiger partial charge in [-0.15, -0.1) is 11.3 Å². The minimum Gasteiger partial charge on any atom is -0.366 e. The van der Waals surface area contributed by atoms with E-state index in [1.807, 2.05) is 5.38 Å². The maximum absolute atomic E-state index is 11.2. The Bertz CT molecular complexity index is 615. The lowest BCUT2D eigenvalue weighted by molar-refractivity contribution is 0.1000. The van der Waals surface area contributed by atoms with Crippen molar-refractivity contribution in [3.05, 3.63) is 39.4 Å². The van der Waals surface area contributed by atoms with E-state index in [-0.39, 0.29) is 6.04 Å². The average molecular weight is 325 g/mol. The smallest absolute Gasteiger partial charge is 0.250 e. The predicted octanol–water partition coefficient (Wildman–Crippen LogP) is 2.75. The number of rotatable bonds is 6. The van der Waals surface area contributed by atoms with Gasteiger partial charge in [0.25, 0.3) is 0 Å². The van der Waals surface area contributed by atoms with Crippen LogP contribution in [0.3, 0.4) is 0 Å². The largest absolute Gasteiger partial charge is 0.366 e. The molecule has 0 bridgehead atoms. The van der Waals surface area contributed by atoms with E-state index >= 15 is 0 Å². The van der Waals surface area contributed by atoms with Gasteiger partial charge in [-0.05, 0) is 19.9 Å². The molecule has 2 aromatic heterocycles. The van der Waals surface area contributed by atoms with E-state index in [9.17, 15) is 4.79 Å². The Hall–Kier alpha value is -1.66. The molecule has 0 fully saturated rings. The molecule has 5 nitrogen and oxygen atoms in total. The number of hydrogen-bond donors (Lipinski definition) is 1. The fraction of sp³-hybridized carbons (Fsp3) is 0.357. The van der Waals surface area contributed by atoms with Crippen LogP contribution in [0.15, 0.2) is 23.8 Å². The summed E-state index contributed by atoms with van der Waals surface area (Å²) in [6.45, 7) is 4.90. The van der Waals surface area contributed by atoms with Crippen molar-refractivity contribution in [3.8, 4) is 0 Å². The van der Waals surface area contributed by atoms with Gasteiger partial charge in [0.1, 0.15) is 5.82 Å². The Morgan fingerprint density at radius 1 is 1.48 bits per heavy atom. The molecule has 1 amide bonds. The average Bonchev–Trinajstić information content (AvgIpc) is 2.93. The van der Waals surface area contributed by atoms with E-state index in [0.29, 0.717) is 16.4 Å². The predicted molar refractivity (Wildman–Crippen MR) is 86.1 cm³/mol. The van der Waals surface area contributed by atoms with Gasteiger partial charge in [0.05, 0.1) is 15.6 Å². The van der Waals surface area contributed by atoms with Crippen molar-refractivity contribution in [2.75, 3.05) is 11.4 Å². The highest BCUT2D eigenvalue weighted by Crippen LogP contribution is 2.26. The third-order valence-electron chi connectivity index (χ3n) is 3.05. The highest BCUT2D eigenvalue weighted by atomic mass is 35.5. The molecule has 2 N–H and O–H groups in total. The number of nitrogens with zero attached hydrogens (tertiary/aromatic N) is 3. The molecule has 2 rings (SSSR count). The summed E-state index contributed by atoms with van der Waals surface area (Å²) >= 11 is 7.88. The van der Waals surface area contributed by atoms with E-state index in [0.717, 1.165) is 18.0 Å². The van der Waals surface area contributed by atoms with Crippen molar-refractivity contribution in [3.63, 3.8) is 0 Å². The van der Waals surface area contributed by atoms with Crippen LogP contribution in [0, 0.1) is 0 Å². The molecule has 0 saturated carbocycles. The zero-order chi connectivity index (χ0) is 15.4. The number of aromatic nitrogens is 2. The molecule has 0 saturated heterocycles. The number of primary amides is 1. The molecule has 2 heterocycles. The molecule has 0 spiro atoms. The molecule has 0 aliphatic carbocycles. The van der Waals surface area contributed by atoms with Crippen LogP contribution in [0.1, 0.15) is 29.2 Å². The minimum absolute atomic E-state index is 0.231. The van der Waals surface area contributed by atoms with Gasteiger partial charge in [0.15, 0.2) is 0 Å². The van der Waals surface area contributed by atoms with Crippen molar-refractivity contribution in [1.29, 1.82) is 0 Å². The van der Waals surface area contributed by atoms with E-state index in [4.69, 9.17) is 17.3 Å². The standard InChI is InChI=1S/C14H17ClN4OS/c1-9(2)19(5-3-12-17-4-6-21-12)14-11(15)7-10(8-18-14)13(16)20/h4,6-9H,3,5H2,1-2H3,(H2,16,20). The molecular weight excluding hydrogens is 308 g/mol. The first-order valence-electron chi connectivity index (χ1n) is 6.59. The SMILES string of the molecule is CC(C)N(CCc1nccs1)c1ncc(C(N)=O)cc1Cl. The topological polar surface area (TPSA) is 72.1 Å². The minimum atomic E-state index is -0.533. The van der Waals surface area contributed by atoms with Crippen LogP contribution in [0.5, 0.6) is 0 Å². The van der Waals surface area contributed by atoms with Gasteiger partial charge in [0.2, 0.25) is 5.91 Å². The van der Waals surface area contributed by atoms with Gasteiger partial charge in [0, 0.05) is 36.8 Å². The first-order chi connectivity index (χ1) is 9.99. The summed E-state index contributed by atoms with van der Waals surface area (Å²) in [6, 6.07) is 1.79. The van der Waals surface area contributed by atoms with E-state index in [1.165, 1.54) is 6.20 Å². The maximum atomic E-state index is 11.2. The Morgan fingerprint density at radius 3 is 2.76 bits per heavy atom. The molecule has 0 aliphatic heterocycles. The van der Waals surface area contributed by atoms with Crippen LogP contribution in [0.2, 0.25) is 5.02 Å². The van der Waals surface area contributed by atoms with E-state index < -0.39 is 5.91 Å². The summed E-state index contributed by atoms with van der Waals surface area (Å²) in [6.07, 6.45) is 4.08. The fourth-order valence-corrected chi connectivity index (χ4v) is 2.86. The maximum Gasteiger partial charge on any atom is 0.250 e. The summed E-state index contributed by atoms with van der Waals surface area (Å²) in [4.78, 5) is 21.8. The van der Waals surface area contributed by atoms with Crippen LogP contribution in [0.4, 0.5) is 5.82 Å². The Kier molecular flexibility index (Phi) is 5.14. The number of halogens is 1. The molecule has 0 radical (unpaired) electrons. The highest BCUT2D eigenvalue weighted by Gasteiger charge is 2.17. The Balaban J connectivity index is 2.19. The number of anilines is 1. The van der Waals surface area contributed by atoms with Crippen molar-refractivity contribution in [1.82, 2.24) is 9.97 Å². The number of nitrogens with two attached hydrogens (primary N) is 1. The van der Waals surface area contributed by atoms with Crippen LogP contribution in [-0.4, -0.2) is 28.5 Å². The lowest BCUT2D eigenvalue weighted by Gasteiger charge is -2.28. The molecular formula is C14H17ClN4OS. The number of carbonyl (C=O) groups is 1. The Morgan fingerprint density at radius 2 is 2.24 bits per heavy atom. The first-order valence-corrected chi connectivity index (χ1v) is 7.85. The molecule has 2 aromatic rings. The number of thiazole rings is 1. The van der Waals surface area contributed by atoms with Crippen LogP contribution >= 0.6 is 22.9 Å². The second kappa shape index (κ2) is 6.87. The van der Waals surface area contributed by atoms with Gasteiger partial charge >= 0.3 is 0 Å². The molecule has 0 aromatic carbocycles. The van der Waals surface area contributed by atoms with E-state index in [1.54, 1.807) is 23.6 Å². The lowest BCUT2D eigenvalue weighted by atomic mass is 10.2. The van der Waals surface area contributed by atoms with Gasteiger partial charge in [-0.3, -0.25) is 4.79 Å². The summed E-state index contributed by atoms with van der Waals surface area (Å²) in [5.41, 5.74) is 5.55. The molecule has 0 aliphatic rings. The molecule has 0 unspecified atom stereocenters. The third kappa shape index (κ3) is 3.92. The van der Waals surface area contributed by atoms with Crippen LogP contribution in [-0.2, 0) is 6.42 Å². The van der Waals surface area contributed by atoms with Crippen molar-refractivity contribution >= 4 is 34.7 Å². The zero-order valence-electron chi connectivity index (χ0n) is 11.9. The summed E-state index contributed by atoms with van der Waals surface area (Å²) in [7, 11) is 0. The van der Waals surface area contributed by atoms with Gasteiger partial charge < -0.3 is 10.6 Å². The van der Waals surface area contributed by atoms with Gasteiger partial charge in [-0.1, -0.05) is 11.6 Å². The van der Waals surface area contributed by atoms with Gasteiger partial charge in [-0.2, -0.15) is 0 Å². The molecule has 21 heavy (non-hydrogen) atoms. The summed E-state index contributed by atoms with van der Waals surface area (Å²) < 4.78 is 0.